The number of benzene rings is 2. The van der Waals surface area contributed by atoms with Gasteiger partial charge in [-0.25, -0.2) is 9.78 Å². The van der Waals surface area contributed by atoms with Gasteiger partial charge in [0.2, 0.25) is 0 Å². The molecule has 3 rings (SSSR count). The van der Waals surface area contributed by atoms with Crippen LogP contribution in [0.1, 0.15) is 26.5 Å². The molecule has 1 N–H and O–H groups in total. The summed E-state index contributed by atoms with van der Waals surface area (Å²) in [5, 5.41) is 10.2. The molecule has 0 fully saturated rings. The van der Waals surface area contributed by atoms with E-state index in [1.165, 1.54) is 22.5 Å². The quantitative estimate of drug-likeness (QED) is 0.746. The van der Waals surface area contributed by atoms with Crippen LogP contribution in [0.3, 0.4) is 0 Å². The van der Waals surface area contributed by atoms with Crippen LogP contribution in [0, 0.1) is 6.92 Å². The predicted molar refractivity (Wildman–Crippen MR) is 93.1 cm³/mol. The van der Waals surface area contributed by atoms with Crippen molar-refractivity contribution in [3.8, 4) is 10.6 Å². The number of hydrogen-bond acceptors (Lipinski definition) is 3. The molecule has 0 aliphatic rings. The van der Waals surface area contributed by atoms with E-state index in [1.54, 1.807) is 0 Å². The first-order valence-electron chi connectivity index (χ1n) is 7.47. The van der Waals surface area contributed by atoms with Crippen molar-refractivity contribution in [1.82, 2.24) is 4.98 Å². The molecule has 0 aliphatic heterocycles. The first kappa shape index (κ1) is 15.4. The number of thiazole rings is 1. The molecule has 0 saturated carbocycles. The van der Waals surface area contributed by atoms with E-state index in [-0.39, 0.29) is 0 Å². The molecule has 0 saturated heterocycles. The van der Waals surface area contributed by atoms with E-state index >= 15 is 0 Å². The van der Waals surface area contributed by atoms with Gasteiger partial charge in [0, 0.05) is 5.56 Å². The van der Waals surface area contributed by atoms with Gasteiger partial charge in [0.25, 0.3) is 0 Å². The maximum absolute atomic E-state index is 11.5. The Bertz CT molecular complexity index is 807. The van der Waals surface area contributed by atoms with Gasteiger partial charge >= 0.3 is 5.97 Å². The maximum atomic E-state index is 11.5. The zero-order chi connectivity index (χ0) is 16.2. The Morgan fingerprint density at radius 3 is 2.39 bits per heavy atom. The third-order valence-electron chi connectivity index (χ3n) is 3.68. The second-order valence-electron chi connectivity index (χ2n) is 5.45. The van der Waals surface area contributed by atoms with Gasteiger partial charge in [-0.3, -0.25) is 0 Å². The number of aromatic nitrogens is 1. The van der Waals surface area contributed by atoms with Crippen LogP contribution >= 0.6 is 11.3 Å². The fraction of sp³-hybridized carbons (Fsp3) is 0.158. The summed E-state index contributed by atoms with van der Waals surface area (Å²) in [5.74, 6) is -0.899. The summed E-state index contributed by atoms with van der Waals surface area (Å²) in [6.45, 7) is 2.03. The molecule has 23 heavy (non-hydrogen) atoms. The van der Waals surface area contributed by atoms with E-state index in [2.05, 4.69) is 4.98 Å². The van der Waals surface area contributed by atoms with Crippen molar-refractivity contribution in [3.63, 3.8) is 0 Å². The molecule has 1 aromatic heterocycles. The fourth-order valence-electron chi connectivity index (χ4n) is 2.42. The van der Waals surface area contributed by atoms with Crippen LogP contribution in [-0.4, -0.2) is 16.1 Å². The summed E-state index contributed by atoms with van der Waals surface area (Å²) < 4.78 is 0. The highest BCUT2D eigenvalue weighted by molar-refractivity contribution is 7.17. The molecule has 0 bridgehead atoms. The summed E-state index contributed by atoms with van der Waals surface area (Å²) in [6.07, 6.45) is 1.42. The predicted octanol–water partition coefficient (Wildman–Crippen LogP) is 4.60. The average Bonchev–Trinajstić information content (AvgIpc) is 2.99. The van der Waals surface area contributed by atoms with Crippen molar-refractivity contribution >= 4 is 17.3 Å². The van der Waals surface area contributed by atoms with Gasteiger partial charge in [-0.2, -0.15) is 0 Å². The minimum Gasteiger partial charge on any atom is -0.477 e. The molecular weight excluding hydrogens is 306 g/mol. The summed E-state index contributed by atoms with van der Waals surface area (Å²) >= 11 is 1.25. The van der Waals surface area contributed by atoms with Crippen molar-refractivity contribution in [1.29, 1.82) is 0 Å². The first-order chi connectivity index (χ1) is 11.1. The molecule has 0 aliphatic carbocycles. The molecule has 116 valence electrons. The van der Waals surface area contributed by atoms with Crippen LogP contribution in [-0.2, 0) is 12.8 Å². The summed E-state index contributed by atoms with van der Waals surface area (Å²) in [6, 6.07) is 18.1. The number of carboxylic acid groups (broad SMARTS) is 1. The van der Waals surface area contributed by atoms with Crippen LogP contribution < -0.4 is 0 Å². The Hall–Kier alpha value is -2.46. The van der Waals surface area contributed by atoms with Crippen LogP contribution in [0.2, 0.25) is 0 Å². The molecule has 1 heterocycles. The summed E-state index contributed by atoms with van der Waals surface area (Å²) in [4.78, 5) is 16.4. The van der Waals surface area contributed by atoms with Gasteiger partial charge in [0.1, 0.15) is 9.88 Å². The smallest absolute Gasteiger partial charge is 0.347 e. The fourth-order valence-corrected chi connectivity index (χ4v) is 3.37. The van der Waals surface area contributed by atoms with Gasteiger partial charge in [-0.15, -0.1) is 11.3 Å². The Kier molecular flexibility index (Phi) is 4.53. The van der Waals surface area contributed by atoms with Crippen molar-refractivity contribution in [2.75, 3.05) is 0 Å². The van der Waals surface area contributed by atoms with E-state index in [0.717, 1.165) is 17.0 Å². The third-order valence-corrected chi connectivity index (χ3v) is 4.82. The Morgan fingerprint density at radius 1 is 1.04 bits per heavy atom. The molecule has 4 heteroatoms. The Labute approximate surface area is 139 Å². The van der Waals surface area contributed by atoms with Crippen molar-refractivity contribution < 1.29 is 9.90 Å². The standard InChI is InChI=1S/C19H17NO2S/c1-13-7-10-15(11-8-13)18-20-16(17(23-18)19(21)22)12-9-14-5-3-2-4-6-14/h2-8,10-11H,9,12H2,1H3,(H,21,22). The zero-order valence-corrected chi connectivity index (χ0v) is 13.6. The Balaban J connectivity index is 1.87. The number of aromatic carboxylic acids is 1. The van der Waals surface area contributed by atoms with Crippen LogP contribution in [0.25, 0.3) is 10.6 Å². The highest BCUT2D eigenvalue weighted by atomic mass is 32.1. The maximum Gasteiger partial charge on any atom is 0.347 e. The van der Waals surface area contributed by atoms with Crippen LogP contribution in [0.15, 0.2) is 54.6 Å². The number of carboxylic acids is 1. The third kappa shape index (κ3) is 3.66. The number of aryl methyl sites for hydroxylation is 3. The highest BCUT2D eigenvalue weighted by Gasteiger charge is 2.18. The largest absolute Gasteiger partial charge is 0.477 e. The first-order valence-corrected chi connectivity index (χ1v) is 8.29. The topological polar surface area (TPSA) is 50.2 Å². The molecule has 0 radical (unpaired) electrons. The molecular formula is C19H17NO2S. The number of nitrogens with zero attached hydrogens (tertiary/aromatic N) is 1. The van der Waals surface area contributed by atoms with Gasteiger partial charge in [0.05, 0.1) is 5.69 Å². The molecule has 0 spiro atoms. The average molecular weight is 323 g/mol. The second kappa shape index (κ2) is 6.75. The SMILES string of the molecule is Cc1ccc(-c2nc(CCc3ccccc3)c(C(=O)O)s2)cc1. The number of hydrogen-bond donors (Lipinski definition) is 1. The van der Waals surface area contributed by atoms with Gasteiger partial charge < -0.3 is 5.11 Å². The zero-order valence-electron chi connectivity index (χ0n) is 12.8. The highest BCUT2D eigenvalue weighted by Crippen LogP contribution is 2.29. The molecule has 2 aromatic carbocycles. The van der Waals surface area contributed by atoms with E-state index in [0.29, 0.717) is 17.0 Å². The minimum absolute atomic E-state index is 0.344. The molecule has 0 unspecified atom stereocenters. The van der Waals surface area contributed by atoms with E-state index in [9.17, 15) is 9.90 Å². The van der Waals surface area contributed by atoms with Gasteiger partial charge in [0.15, 0.2) is 0 Å². The van der Waals surface area contributed by atoms with Crippen molar-refractivity contribution in [2.24, 2.45) is 0 Å². The number of carbonyl (C=O) groups is 1. The molecule has 3 aromatic rings. The lowest BCUT2D eigenvalue weighted by molar-refractivity contribution is 0.0700. The molecule has 3 nitrogen and oxygen atoms in total. The lowest BCUT2D eigenvalue weighted by atomic mass is 10.1. The van der Waals surface area contributed by atoms with E-state index in [4.69, 9.17) is 0 Å². The summed E-state index contributed by atoms with van der Waals surface area (Å²) in [7, 11) is 0. The number of rotatable bonds is 5. The molecule has 0 atom stereocenters. The second-order valence-corrected chi connectivity index (χ2v) is 6.45. The lowest BCUT2D eigenvalue weighted by Gasteiger charge is -2.00. The minimum atomic E-state index is -0.899. The van der Waals surface area contributed by atoms with Gasteiger partial charge in [-0.05, 0) is 25.3 Å². The Morgan fingerprint density at radius 2 is 1.74 bits per heavy atom. The van der Waals surface area contributed by atoms with Crippen molar-refractivity contribution in [3.05, 3.63) is 76.3 Å². The summed E-state index contributed by atoms with van der Waals surface area (Å²) in [5.41, 5.74) is 4.00. The monoisotopic (exact) mass is 323 g/mol. The van der Waals surface area contributed by atoms with Gasteiger partial charge in [-0.1, -0.05) is 60.2 Å². The normalized spacial score (nSPS) is 10.7. The van der Waals surface area contributed by atoms with Crippen LogP contribution in [0.4, 0.5) is 0 Å². The van der Waals surface area contributed by atoms with E-state index < -0.39 is 5.97 Å². The van der Waals surface area contributed by atoms with Crippen LogP contribution in [0.5, 0.6) is 0 Å². The lowest BCUT2D eigenvalue weighted by Crippen LogP contribution is -2.00. The van der Waals surface area contributed by atoms with Crippen molar-refractivity contribution in [2.45, 2.75) is 19.8 Å². The van der Waals surface area contributed by atoms with E-state index in [1.807, 2.05) is 61.5 Å². The molecule has 0 amide bonds.